The first kappa shape index (κ1) is 15.2. The highest BCUT2D eigenvalue weighted by molar-refractivity contribution is 5.97. The zero-order valence-corrected chi connectivity index (χ0v) is 11.6. The smallest absolute Gasteiger partial charge is 0.251 e. The van der Waals surface area contributed by atoms with E-state index >= 15 is 0 Å². The Hall–Kier alpha value is -1.88. The summed E-state index contributed by atoms with van der Waals surface area (Å²) in [6, 6.07) is 6.22. The molecule has 1 atom stereocenters. The number of hydrogen-bond acceptors (Lipinski definition) is 3. The Labute approximate surface area is 113 Å². The minimum atomic E-state index is -0.513. The summed E-state index contributed by atoms with van der Waals surface area (Å²) >= 11 is 0. The molecule has 0 spiro atoms. The second-order valence-electron chi connectivity index (χ2n) is 5.17. The molecule has 1 rings (SSSR count). The van der Waals surface area contributed by atoms with Gasteiger partial charge in [0.25, 0.3) is 5.91 Å². The molecule has 5 heteroatoms. The summed E-state index contributed by atoms with van der Waals surface area (Å²) in [5.41, 5.74) is 11.3. The number of benzene rings is 1. The van der Waals surface area contributed by atoms with Gasteiger partial charge in [0.15, 0.2) is 0 Å². The van der Waals surface area contributed by atoms with E-state index in [-0.39, 0.29) is 11.8 Å². The lowest BCUT2D eigenvalue weighted by Gasteiger charge is -2.33. The predicted molar refractivity (Wildman–Crippen MR) is 74.7 cm³/mol. The third kappa shape index (κ3) is 3.54. The molecular weight excluding hydrogens is 242 g/mol. The molecule has 0 saturated heterocycles. The van der Waals surface area contributed by atoms with Crippen LogP contribution >= 0.6 is 0 Å². The van der Waals surface area contributed by atoms with Crippen molar-refractivity contribution in [3.63, 3.8) is 0 Å². The molecule has 2 amide bonds. The van der Waals surface area contributed by atoms with Gasteiger partial charge in [0.2, 0.25) is 5.91 Å². The lowest BCUT2D eigenvalue weighted by atomic mass is 9.88. The summed E-state index contributed by atoms with van der Waals surface area (Å²) in [5, 5.41) is 2.93. The van der Waals surface area contributed by atoms with Crippen LogP contribution in [0.1, 0.15) is 41.5 Å². The van der Waals surface area contributed by atoms with Crippen molar-refractivity contribution in [1.82, 2.24) is 5.32 Å². The van der Waals surface area contributed by atoms with Gasteiger partial charge in [0, 0.05) is 17.7 Å². The molecule has 0 aliphatic rings. The Morgan fingerprint density at radius 1 is 1.21 bits per heavy atom. The quantitative estimate of drug-likeness (QED) is 0.735. The molecule has 0 radical (unpaired) electrons. The Bertz CT molecular complexity index is 468. The molecule has 0 aromatic heterocycles. The number of primary amides is 1. The van der Waals surface area contributed by atoms with Crippen LogP contribution in [0.4, 0.5) is 0 Å². The van der Waals surface area contributed by atoms with Crippen LogP contribution in [-0.4, -0.2) is 23.9 Å². The fourth-order valence-electron chi connectivity index (χ4n) is 1.55. The third-order valence-corrected chi connectivity index (χ3v) is 3.53. The lowest BCUT2D eigenvalue weighted by molar-refractivity contribution is 0.0882. The molecule has 5 nitrogen and oxygen atoms in total. The van der Waals surface area contributed by atoms with Gasteiger partial charge in [-0.2, -0.15) is 0 Å². The highest BCUT2D eigenvalue weighted by atomic mass is 16.2. The summed E-state index contributed by atoms with van der Waals surface area (Å²) in [6.07, 6.45) is 0. The largest absolute Gasteiger partial charge is 0.366 e. The fraction of sp³-hybridized carbons (Fsp3) is 0.429. The van der Waals surface area contributed by atoms with Gasteiger partial charge in [-0.25, -0.2) is 0 Å². The molecule has 1 unspecified atom stereocenters. The van der Waals surface area contributed by atoms with Crippen LogP contribution in [0.5, 0.6) is 0 Å². The van der Waals surface area contributed by atoms with Gasteiger partial charge in [0.1, 0.15) is 0 Å². The number of nitrogens with one attached hydrogen (secondary N) is 1. The number of carbonyl (C=O) groups excluding carboxylic acids is 2. The summed E-state index contributed by atoms with van der Waals surface area (Å²) in [4.78, 5) is 23.1. The third-order valence-electron chi connectivity index (χ3n) is 3.53. The van der Waals surface area contributed by atoms with E-state index in [9.17, 15) is 9.59 Å². The molecule has 0 fully saturated rings. The highest BCUT2D eigenvalue weighted by Crippen LogP contribution is 2.16. The Morgan fingerprint density at radius 2 is 1.68 bits per heavy atom. The first-order valence-electron chi connectivity index (χ1n) is 6.22. The normalized spacial score (nSPS) is 13.9. The van der Waals surface area contributed by atoms with E-state index in [1.54, 1.807) is 12.1 Å². The SMILES string of the molecule is CC(C)C(C)(CN)NC(=O)c1ccc(C(N)=O)cc1. The van der Waals surface area contributed by atoms with Gasteiger partial charge in [-0.05, 0) is 37.1 Å². The molecule has 0 aliphatic heterocycles. The number of rotatable bonds is 5. The molecule has 0 aliphatic carbocycles. The second-order valence-corrected chi connectivity index (χ2v) is 5.17. The van der Waals surface area contributed by atoms with Crippen molar-refractivity contribution in [3.8, 4) is 0 Å². The van der Waals surface area contributed by atoms with Crippen molar-refractivity contribution < 1.29 is 9.59 Å². The van der Waals surface area contributed by atoms with Crippen LogP contribution < -0.4 is 16.8 Å². The van der Waals surface area contributed by atoms with Gasteiger partial charge in [-0.15, -0.1) is 0 Å². The van der Waals surface area contributed by atoms with Gasteiger partial charge in [0.05, 0.1) is 5.54 Å². The molecule has 19 heavy (non-hydrogen) atoms. The first-order chi connectivity index (χ1) is 8.80. The van der Waals surface area contributed by atoms with Crippen LogP contribution in [0.3, 0.4) is 0 Å². The molecule has 1 aromatic carbocycles. The molecule has 104 valence electrons. The summed E-state index contributed by atoms with van der Waals surface area (Å²) < 4.78 is 0. The lowest BCUT2D eigenvalue weighted by Crippen LogP contribution is -2.55. The Balaban J connectivity index is 2.86. The van der Waals surface area contributed by atoms with Gasteiger partial charge < -0.3 is 16.8 Å². The minimum absolute atomic E-state index is 0.210. The first-order valence-corrected chi connectivity index (χ1v) is 6.22. The molecule has 0 heterocycles. The average molecular weight is 263 g/mol. The van der Waals surface area contributed by atoms with Crippen LogP contribution in [-0.2, 0) is 0 Å². The average Bonchev–Trinajstić information content (AvgIpc) is 2.38. The summed E-state index contributed by atoms with van der Waals surface area (Å²) in [7, 11) is 0. The Morgan fingerprint density at radius 3 is 2.05 bits per heavy atom. The van der Waals surface area contributed by atoms with Crippen molar-refractivity contribution in [2.45, 2.75) is 26.3 Å². The van der Waals surface area contributed by atoms with Gasteiger partial charge in [-0.1, -0.05) is 13.8 Å². The maximum atomic E-state index is 12.1. The van der Waals surface area contributed by atoms with Gasteiger partial charge in [-0.3, -0.25) is 9.59 Å². The molecular formula is C14H21N3O2. The Kier molecular flexibility index (Phi) is 4.67. The number of amides is 2. The standard InChI is InChI=1S/C14H21N3O2/c1-9(2)14(3,8-15)17-13(19)11-6-4-10(5-7-11)12(16)18/h4-7,9H,8,15H2,1-3H3,(H2,16,18)(H,17,19). The van der Waals surface area contributed by atoms with Crippen LogP contribution in [0, 0.1) is 5.92 Å². The van der Waals surface area contributed by atoms with Gasteiger partial charge >= 0.3 is 0 Å². The van der Waals surface area contributed by atoms with E-state index in [1.807, 2.05) is 20.8 Å². The zero-order chi connectivity index (χ0) is 14.6. The maximum Gasteiger partial charge on any atom is 0.251 e. The maximum absolute atomic E-state index is 12.1. The van der Waals surface area contributed by atoms with E-state index in [2.05, 4.69) is 5.32 Å². The van der Waals surface area contributed by atoms with Crippen LogP contribution in [0.2, 0.25) is 0 Å². The monoisotopic (exact) mass is 263 g/mol. The highest BCUT2D eigenvalue weighted by Gasteiger charge is 2.28. The van der Waals surface area contributed by atoms with Crippen LogP contribution in [0.25, 0.3) is 0 Å². The minimum Gasteiger partial charge on any atom is -0.366 e. The molecule has 0 saturated carbocycles. The van der Waals surface area contributed by atoms with Crippen molar-refractivity contribution in [2.75, 3.05) is 6.54 Å². The molecule has 1 aromatic rings. The summed E-state index contributed by atoms with van der Waals surface area (Å²) in [6.45, 7) is 6.27. The molecule has 0 bridgehead atoms. The predicted octanol–water partition coefficient (Wildman–Crippen LogP) is 0.889. The van der Waals surface area contributed by atoms with E-state index < -0.39 is 11.4 Å². The number of nitrogens with two attached hydrogens (primary N) is 2. The van der Waals surface area contributed by atoms with E-state index in [0.29, 0.717) is 17.7 Å². The molecule has 5 N–H and O–H groups in total. The van der Waals surface area contributed by atoms with Crippen molar-refractivity contribution in [2.24, 2.45) is 17.4 Å². The second kappa shape index (κ2) is 5.84. The van der Waals surface area contributed by atoms with Crippen molar-refractivity contribution in [1.29, 1.82) is 0 Å². The zero-order valence-electron chi connectivity index (χ0n) is 11.6. The van der Waals surface area contributed by atoms with E-state index in [1.165, 1.54) is 12.1 Å². The number of hydrogen-bond donors (Lipinski definition) is 3. The van der Waals surface area contributed by atoms with E-state index in [4.69, 9.17) is 11.5 Å². The fourth-order valence-corrected chi connectivity index (χ4v) is 1.55. The van der Waals surface area contributed by atoms with E-state index in [0.717, 1.165) is 0 Å². The topological polar surface area (TPSA) is 98.2 Å². The number of carbonyl (C=O) groups is 2. The van der Waals surface area contributed by atoms with Crippen LogP contribution in [0.15, 0.2) is 24.3 Å². The summed E-state index contributed by atoms with van der Waals surface area (Å²) in [5.74, 6) is -0.509. The van der Waals surface area contributed by atoms with Crippen molar-refractivity contribution >= 4 is 11.8 Å². The van der Waals surface area contributed by atoms with Crippen molar-refractivity contribution in [3.05, 3.63) is 35.4 Å².